The Balaban J connectivity index is 1.69. The molecule has 0 bridgehead atoms. The van der Waals surface area contributed by atoms with E-state index in [9.17, 15) is 27.4 Å². The number of nitrogens with zero attached hydrogens (tertiary/aromatic N) is 5. The summed E-state index contributed by atoms with van der Waals surface area (Å²) in [4.78, 5) is 16.4. The van der Waals surface area contributed by atoms with Gasteiger partial charge in [-0.3, -0.25) is 10.7 Å². The zero-order chi connectivity index (χ0) is 23.0. The summed E-state index contributed by atoms with van der Waals surface area (Å²) in [6.07, 6.45) is 2.05. The molecule has 0 amide bonds. The molecule has 1 fully saturated rings. The van der Waals surface area contributed by atoms with E-state index in [0.29, 0.717) is 5.52 Å². The van der Waals surface area contributed by atoms with E-state index in [4.69, 9.17) is 4.74 Å². The molecular weight excluding hydrogens is 444 g/mol. The van der Waals surface area contributed by atoms with Gasteiger partial charge in [-0.15, -0.1) is 4.40 Å². The van der Waals surface area contributed by atoms with Gasteiger partial charge in [-0.05, 0) is 36.8 Å². The van der Waals surface area contributed by atoms with E-state index in [0.717, 1.165) is 16.5 Å². The maximum Gasteiger partial charge on any atom is 0.323 e. The highest BCUT2D eigenvalue weighted by atomic mass is 32.2. The monoisotopic (exact) mass is 460 g/mol. The predicted octanol–water partition coefficient (Wildman–Crippen LogP) is 1.96. The van der Waals surface area contributed by atoms with E-state index in [-0.39, 0.29) is 41.9 Å². The van der Waals surface area contributed by atoms with Gasteiger partial charge in [0.25, 0.3) is 5.56 Å². The number of hydrogen-bond acceptors (Lipinski definition) is 5. The van der Waals surface area contributed by atoms with Crippen LogP contribution in [0.4, 0.5) is 8.78 Å². The molecule has 0 N–H and O–H groups in total. The normalized spacial score (nSPS) is 20.9. The number of aromatic nitrogens is 2. The van der Waals surface area contributed by atoms with Crippen LogP contribution in [0.5, 0.6) is 5.75 Å². The molecule has 12 heteroatoms. The van der Waals surface area contributed by atoms with Crippen LogP contribution in [-0.4, -0.2) is 53.1 Å². The van der Waals surface area contributed by atoms with Gasteiger partial charge in [-0.25, -0.2) is 13.8 Å². The zero-order valence-corrected chi connectivity index (χ0v) is 17.5. The van der Waals surface area contributed by atoms with Crippen molar-refractivity contribution in [3.05, 3.63) is 69.6 Å². The molecule has 166 valence electrons. The fourth-order valence-corrected chi connectivity index (χ4v) is 4.48. The van der Waals surface area contributed by atoms with Crippen LogP contribution in [0.25, 0.3) is 16.3 Å². The van der Waals surface area contributed by atoms with Crippen LogP contribution in [0, 0.1) is 0 Å². The summed E-state index contributed by atoms with van der Waals surface area (Å²) in [5, 5.41) is 9.78. The summed E-state index contributed by atoms with van der Waals surface area (Å²) in [6.45, 7) is -0.377. The Labute approximate surface area is 181 Å². The van der Waals surface area contributed by atoms with Gasteiger partial charge in [-0.2, -0.15) is 12.7 Å². The molecule has 1 aromatic carbocycles. The Morgan fingerprint density at radius 2 is 2.12 bits per heavy atom. The second kappa shape index (κ2) is 8.23. The molecular formula is C20H16F2N5O4S-. The minimum atomic E-state index is -4.28. The third-order valence-electron chi connectivity index (χ3n) is 4.94. The van der Waals surface area contributed by atoms with Crippen molar-refractivity contribution in [1.82, 2.24) is 13.9 Å². The molecule has 0 radical (unpaired) electrons. The van der Waals surface area contributed by atoms with Crippen LogP contribution >= 0.6 is 0 Å². The summed E-state index contributed by atoms with van der Waals surface area (Å²) >= 11 is 0. The highest BCUT2D eigenvalue weighted by Crippen LogP contribution is 2.28. The first-order chi connectivity index (χ1) is 15.2. The summed E-state index contributed by atoms with van der Waals surface area (Å²) in [5.41, 5.74) is -0.755. The lowest BCUT2D eigenvalue weighted by molar-refractivity contribution is 0.343. The van der Waals surface area contributed by atoms with Crippen LogP contribution < -0.4 is 10.3 Å². The summed E-state index contributed by atoms with van der Waals surface area (Å²) in [7, 11) is -2.76. The number of hydrogen-bond donors (Lipinski definition) is 0. The van der Waals surface area contributed by atoms with Gasteiger partial charge in [0.1, 0.15) is 11.9 Å². The van der Waals surface area contributed by atoms with Crippen LogP contribution in [0.15, 0.2) is 63.0 Å². The fraction of sp³-hybridized carbons (Fsp3) is 0.250. The number of alkyl halides is 1. The lowest BCUT2D eigenvalue weighted by Crippen LogP contribution is -2.28. The fourth-order valence-electron chi connectivity index (χ4n) is 3.28. The minimum Gasteiger partial charge on any atom is -0.763 e. The van der Waals surface area contributed by atoms with Crippen molar-refractivity contribution in [1.29, 1.82) is 0 Å². The molecule has 32 heavy (non-hydrogen) atoms. The first-order valence-corrected chi connectivity index (χ1v) is 10.8. The smallest absolute Gasteiger partial charge is 0.323 e. The van der Waals surface area contributed by atoms with Crippen molar-refractivity contribution in [2.24, 2.45) is 11.4 Å². The predicted molar refractivity (Wildman–Crippen MR) is 114 cm³/mol. The number of aryl methyl sites for hydroxylation is 1. The first kappa shape index (κ1) is 21.8. The van der Waals surface area contributed by atoms with Gasteiger partial charge in [0.15, 0.2) is 11.6 Å². The van der Waals surface area contributed by atoms with Gasteiger partial charge in [0.2, 0.25) is 0 Å². The highest BCUT2D eigenvalue weighted by Gasteiger charge is 2.32. The van der Waals surface area contributed by atoms with E-state index in [1.165, 1.54) is 36.1 Å². The molecule has 9 nitrogen and oxygen atoms in total. The maximum atomic E-state index is 14.5. The molecule has 1 aliphatic heterocycles. The number of ether oxygens (including phenoxy) is 1. The van der Waals surface area contributed by atoms with E-state index >= 15 is 0 Å². The summed E-state index contributed by atoms with van der Waals surface area (Å²) in [5.74, 6) is 0.275. The van der Waals surface area contributed by atoms with Crippen LogP contribution in [0.1, 0.15) is 6.42 Å². The van der Waals surface area contributed by atoms with Crippen LogP contribution in [-0.2, 0) is 17.3 Å². The quantitative estimate of drug-likeness (QED) is 0.647. The third-order valence-corrected chi connectivity index (χ3v) is 6.35. The topological polar surface area (TPSA) is 116 Å². The van der Waals surface area contributed by atoms with E-state index in [1.807, 2.05) is 0 Å². The lowest BCUT2D eigenvalue weighted by atomic mass is 10.0. The van der Waals surface area contributed by atoms with Gasteiger partial charge in [0, 0.05) is 20.1 Å². The molecule has 1 atom stereocenters. The molecule has 1 aliphatic carbocycles. The second-order valence-electron chi connectivity index (χ2n) is 7.14. The van der Waals surface area contributed by atoms with E-state index < -0.39 is 33.5 Å². The molecule has 0 spiro atoms. The molecule has 2 aromatic rings. The average molecular weight is 460 g/mol. The molecule has 2 aliphatic rings. The van der Waals surface area contributed by atoms with E-state index in [1.54, 1.807) is 5.87 Å². The Hall–Kier alpha value is -3.47. The lowest BCUT2D eigenvalue weighted by Gasteiger charge is -2.18. The van der Waals surface area contributed by atoms with Gasteiger partial charge >= 0.3 is 10.2 Å². The number of halogens is 2. The first-order valence-electron chi connectivity index (χ1n) is 9.42. The molecule has 1 aromatic heterocycles. The molecule has 0 saturated carbocycles. The Morgan fingerprint density at radius 1 is 1.34 bits per heavy atom. The van der Waals surface area contributed by atoms with Crippen molar-refractivity contribution in [2.45, 2.75) is 12.6 Å². The largest absolute Gasteiger partial charge is 0.763 e. The number of benzene rings is 1. The standard InChI is InChI=1S/C20H16F2N5O4S/c1-26-11-24-17-4-2-13(8-14(17)20(26)28)31-19-15(9-23)18(5-3-16(19)22)25-32(29,30)27-7-6-12(21)10-27/h2-5,8,11-12H,6-7,10H2,1H3/q-1/b25-18+/t12-/m1/s1. The van der Waals surface area contributed by atoms with E-state index in [2.05, 4.69) is 9.38 Å². The van der Waals surface area contributed by atoms with Crippen molar-refractivity contribution in [2.75, 3.05) is 13.1 Å². The number of fused-ring (bicyclic) bond motifs is 1. The van der Waals surface area contributed by atoms with Gasteiger partial charge in [-0.1, -0.05) is 0 Å². The van der Waals surface area contributed by atoms with Gasteiger partial charge < -0.3 is 14.7 Å². The maximum absolute atomic E-state index is 14.5. The van der Waals surface area contributed by atoms with Crippen molar-refractivity contribution in [3.63, 3.8) is 0 Å². The molecule has 1 saturated heterocycles. The van der Waals surface area contributed by atoms with Crippen LogP contribution in [0.3, 0.4) is 0 Å². The zero-order valence-electron chi connectivity index (χ0n) is 16.7. The molecule has 2 heterocycles. The highest BCUT2D eigenvalue weighted by molar-refractivity contribution is 7.88. The Kier molecular flexibility index (Phi) is 5.59. The average Bonchev–Trinajstić information content (AvgIpc) is 3.21. The number of allylic oxidation sites excluding steroid dienone is 4. The van der Waals surface area contributed by atoms with Crippen molar-refractivity contribution in [3.8, 4) is 5.75 Å². The van der Waals surface area contributed by atoms with Crippen molar-refractivity contribution >= 4 is 32.7 Å². The summed E-state index contributed by atoms with van der Waals surface area (Å²) in [6, 6.07) is 4.27. The third kappa shape index (κ3) is 4.03. The number of rotatable bonds is 4. The molecule has 4 rings (SSSR count). The SMILES string of the molecule is Cn1cnc2ccc(OC3=C(F)C=C/C(=N\S(=O)(=O)N4CC[C@@H](F)C4)C3=C=[N-])cc2c1=O. The van der Waals surface area contributed by atoms with Crippen molar-refractivity contribution < 1.29 is 21.9 Å². The second-order valence-corrected chi connectivity index (χ2v) is 8.73. The van der Waals surface area contributed by atoms with Gasteiger partial charge in [0.05, 0.1) is 28.5 Å². The molecule has 0 unspecified atom stereocenters. The minimum absolute atomic E-state index is 0.0396. The van der Waals surface area contributed by atoms with Crippen LogP contribution in [0.2, 0.25) is 0 Å². The Bertz CT molecular complexity index is 1420. The Morgan fingerprint density at radius 3 is 2.81 bits per heavy atom. The summed E-state index contributed by atoms with van der Waals surface area (Å²) < 4.78 is 64.2.